The summed E-state index contributed by atoms with van der Waals surface area (Å²) in [6.45, 7) is -1.27. The number of halogens is 2. The molecule has 0 radical (unpaired) electrons. The molecule has 84 valence electrons. The summed E-state index contributed by atoms with van der Waals surface area (Å²) in [5.74, 6) is -0.682. The van der Waals surface area contributed by atoms with Gasteiger partial charge < -0.3 is 14.5 Å². The number of carbonyl (C=O) groups excluding carboxylic acids is 1. The summed E-state index contributed by atoms with van der Waals surface area (Å²) in [6, 6.07) is 1.28. The summed E-state index contributed by atoms with van der Waals surface area (Å²) in [5.41, 5.74) is -0.0518. The molecular weight excluding hydrogens is 210 g/mol. The van der Waals surface area contributed by atoms with E-state index in [1.807, 2.05) is 0 Å². The Morgan fingerprint density at radius 3 is 2.87 bits per heavy atom. The topological polar surface area (TPSA) is 66.6 Å². The van der Waals surface area contributed by atoms with Crippen LogP contribution in [0.4, 0.5) is 8.78 Å². The fourth-order valence-corrected chi connectivity index (χ4v) is 1.05. The highest BCUT2D eigenvalue weighted by Gasteiger charge is 2.21. The predicted molar refractivity (Wildman–Crippen MR) is 45.5 cm³/mol. The van der Waals surface area contributed by atoms with Gasteiger partial charge in [0.25, 0.3) is 12.3 Å². The van der Waals surface area contributed by atoms with Crippen molar-refractivity contribution in [2.24, 2.45) is 0 Å². The number of rotatable bonds is 5. The molecule has 0 fully saturated rings. The monoisotopic (exact) mass is 220 g/mol. The lowest BCUT2D eigenvalue weighted by atomic mass is 10.3. The van der Waals surface area contributed by atoms with Gasteiger partial charge in [0.15, 0.2) is 5.69 Å². The lowest BCUT2D eigenvalue weighted by molar-refractivity contribution is 0.0500. The zero-order chi connectivity index (χ0) is 11.3. The van der Waals surface area contributed by atoms with Gasteiger partial charge in [-0.2, -0.15) is 0 Å². The number of aliphatic hydroxyl groups excluding tert-OH is 1. The van der Waals surface area contributed by atoms with Crippen molar-refractivity contribution >= 4 is 5.91 Å². The fraction of sp³-hybridized carbons (Fsp3) is 0.500. The van der Waals surface area contributed by atoms with Crippen LogP contribution in [0.1, 0.15) is 10.5 Å². The molecule has 5 nitrogen and oxygen atoms in total. The maximum absolute atomic E-state index is 12.1. The SMILES string of the molecule is O=C(c1ccon1)N(CCO)CC(F)F. The molecule has 0 bridgehead atoms. The van der Waals surface area contributed by atoms with E-state index in [0.717, 1.165) is 4.90 Å². The molecule has 0 aliphatic rings. The van der Waals surface area contributed by atoms with Crippen molar-refractivity contribution in [1.82, 2.24) is 10.1 Å². The third-order valence-electron chi connectivity index (χ3n) is 1.67. The fourth-order valence-electron chi connectivity index (χ4n) is 1.05. The van der Waals surface area contributed by atoms with Gasteiger partial charge in [-0.05, 0) is 0 Å². The number of nitrogens with zero attached hydrogens (tertiary/aromatic N) is 2. The minimum atomic E-state index is -2.65. The minimum absolute atomic E-state index is 0.0518. The zero-order valence-electron chi connectivity index (χ0n) is 7.77. The second-order valence-electron chi connectivity index (χ2n) is 2.75. The van der Waals surface area contributed by atoms with E-state index in [-0.39, 0.29) is 18.8 Å². The Balaban J connectivity index is 2.67. The molecule has 1 aromatic rings. The van der Waals surface area contributed by atoms with Crippen molar-refractivity contribution in [2.45, 2.75) is 6.43 Å². The molecule has 1 aromatic heterocycles. The molecule has 0 saturated carbocycles. The van der Waals surface area contributed by atoms with Crippen molar-refractivity contribution in [3.05, 3.63) is 18.0 Å². The minimum Gasteiger partial charge on any atom is -0.395 e. The van der Waals surface area contributed by atoms with Crippen LogP contribution in [0.2, 0.25) is 0 Å². The third-order valence-corrected chi connectivity index (χ3v) is 1.67. The lowest BCUT2D eigenvalue weighted by Crippen LogP contribution is -2.37. The van der Waals surface area contributed by atoms with E-state index in [1.54, 1.807) is 0 Å². The molecule has 0 unspecified atom stereocenters. The first kappa shape index (κ1) is 11.6. The first-order valence-corrected chi connectivity index (χ1v) is 4.23. The van der Waals surface area contributed by atoms with Gasteiger partial charge in [-0.15, -0.1) is 0 Å². The third kappa shape index (κ3) is 3.28. The van der Waals surface area contributed by atoms with Crippen LogP contribution in [-0.4, -0.2) is 47.2 Å². The summed E-state index contributed by atoms with van der Waals surface area (Å²) in [6.07, 6.45) is -1.47. The molecule has 1 heterocycles. The van der Waals surface area contributed by atoms with Crippen LogP contribution in [0, 0.1) is 0 Å². The summed E-state index contributed by atoms with van der Waals surface area (Å²) in [7, 11) is 0. The summed E-state index contributed by atoms with van der Waals surface area (Å²) in [5, 5.41) is 11.9. The molecule has 1 rings (SSSR count). The highest BCUT2D eigenvalue weighted by molar-refractivity contribution is 5.92. The lowest BCUT2D eigenvalue weighted by Gasteiger charge is -2.19. The van der Waals surface area contributed by atoms with E-state index in [1.165, 1.54) is 12.3 Å². The van der Waals surface area contributed by atoms with E-state index >= 15 is 0 Å². The van der Waals surface area contributed by atoms with Gasteiger partial charge in [0, 0.05) is 12.6 Å². The van der Waals surface area contributed by atoms with E-state index in [2.05, 4.69) is 9.68 Å². The van der Waals surface area contributed by atoms with E-state index in [0.29, 0.717) is 0 Å². The molecule has 0 aliphatic carbocycles. The summed E-state index contributed by atoms with van der Waals surface area (Å²) >= 11 is 0. The number of hydrogen-bond acceptors (Lipinski definition) is 4. The van der Waals surface area contributed by atoms with Gasteiger partial charge >= 0.3 is 0 Å². The molecule has 0 atom stereocenters. The number of alkyl halides is 2. The standard InChI is InChI=1S/C8H10F2N2O3/c9-7(10)5-12(2-3-13)8(14)6-1-4-15-11-6/h1,4,7,13H,2-3,5H2. The van der Waals surface area contributed by atoms with Gasteiger partial charge in [-0.1, -0.05) is 5.16 Å². The average molecular weight is 220 g/mol. The van der Waals surface area contributed by atoms with Crippen molar-refractivity contribution in [1.29, 1.82) is 0 Å². The van der Waals surface area contributed by atoms with Crippen molar-refractivity contribution in [3.8, 4) is 0 Å². The molecule has 1 amide bonds. The summed E-state index contributed by atoms with van der Waals surface area (Å²) in [4.78, 5) is 12.3. The number of aromatic nitrogens is 1. The van der Waals surface area contributed by atoms with Crippen molar-refractivity contribution < 1.29 is 23.2 Å². The van der Waals surface area contributed by atoms with Crippen LogP contribution in [0.5, 0.6) is 0 Å². The second kappa shape index (κ2) is 5.40. The van der Waals surface area contributed by atoms with Crippen LogP contribution in [0.25, 0.3) is 0 Å². The first-order valence-electron chi connectivity index (χ1n) is 4.23. The Kier molecular flexibility index (Phi) is 4.17. The molecule has 0 aromatic carbocycles. The smallest absolute Gasteiger partial charge is 0.276 e. The predicted octanol–water partition coefficient (Wildman–Crippen LogP) is 0.374. The van der Waals surface area contributed by atoms with E-state index in [4.69, 9.17) is 5.11 Å². The highest BCUT2D eigenvalue weighted by Crippen LogP contribution is 2.05. The molecule has 0 aliphatic heterocycles. The van der Waals surface area contributed by atoms with Crippen molar-refractivity contribution in [2.75, 3.05) is 19.7 Å². The Labute approximate surface area is 84.3 Å². The van der Waals surface area contributed by atoms with Crippen LogP contribution in [0.3, 0.4) is 0 Å². The number of carbonyl (C=O) groups is 1. The Morgan fingerprint density at radius 2 is 2.40 bits per heavy atom. The molecule has 7 heteroatoms. The largest absolute Gasteiger partial charge is 0.395 e. The van der Waals surface area contributed by atoms with Gasteiger partial charge in [0.1, 0.15) is 6.26 Å². The van der Waals surface area contributed by atoms with Crippen molar-refractivity contribution in [3.63, 3.8) is 0 Å². The van der Waals surface area contributed by atoms with Crippen LogP contribution in [-0.2, 0) is 0 Å². The van der Waals surface area contributed by atoms with Gasteiger partial charge in [0.2, 0.25) is 0 Å². The average Bonchev–Trinajstić information content (AvgIpc) is 2.68. The number of hydrogen-bond donors (Lipinski definition) is 1. The van der Waals surface area contributed by atoms with Crippen LogP contribution >= 0.6 is 0 Å². The molecular formula is C8H10F2N2O3. The van der Waals surface area contributed by atoms with Gasteiger partial charge in [-0.25, -0.2) is 8.78 Å². The van der Waals surface area contributed by atoms with Crippen LogP contribution < -0.4 is 0 Å². The number of aliphatic hydroxyl groups is 1. The summed E-state index contributed by atoms with van der Waals surface area (Å²) < 4.78 is 28.6. The molecule has 1 N–H and O–H groups in total. The van der Waals surface area contributed by atoms with Gasteiger partial charge in [-0.3, -0.25) is 4.79 Å². The maximum Gasteiger partial charge on any atom is 0.276 e. The Morgan fingerprint density at radius 1 is 1.67 bits per heavy atom. The quantitative estimate of drug-likeness (QED) is 0.778. The zero-order valence-corrected chi connectivity index (χ0v) is 7.77. The maximum atomic E-state index is 12.1. The highest BCUT2D eigenvalue weighted by atomic mass is 19.3. The Hall–Kier alpha value is -1.50. The second-order valence-corrected chi connectivity index (χ2v) is 2.75. The molecule has 0 spiro atoms. The number of amides is 1. The molecule has 15 heavy (non-hydrogen) atoms. The van der Waals surface area contributed by atoms with Gasteiger partial charge in [0.05, 0.1) is 13.2 Å². The molecule has 0 saturated heterocycles. The van der Waals surface area contributed by atoms with E-state index in [9.17, 15) is 13.6 Å². The van der Waals surface area contributed by atoms with Crippen LogP contribution in [0.15, 0.2) is 16.9 Å². The first-order chi connectivity index (χ1) is 7.15. The van der Waals surface area contributed by atoms with E-state index < -0.39 is 18.9 Å². The Bertz CT molecular complexity index is 303. The normalized spacial score (nSPS) is 10.7.